The summed E-state index contributed by atoms with van der Waals surface area (Å²) in [6.45, 7) is 3.34. The number of nitrogens with zero attached hydrogens (tertiary/aromatic N) is 1. The van der Waals surface area contributed by atoms with E-state index in [0.717, 1.165) is 25.7 Å². The van der Waals surface area contributed by atoms with Crippen molar-refractivity contribution >= 4 is 10.0 Å². The van der Waals surface area contributed by atoms with Crippen molar-refractivity contribution in [2.24, 2.45) is 11.7 Å². The Balaban J connectivity index is 2.05. The van der Waals surface area contributed by atoms with Crippen LogP contribution in [0.3, 0.4) is 0 Å². The van der Waals surface area contributed by atoms with Crippen LogP contribution in [0.2, 0.25) is 0 Å². The highest BCUT2D eigenvalue weighted by Crippen LogP contribution is 2.33. The Morgan fingerprint density at radius 3 is 2.53 bits per heavy atom. The minimum atomic E-state index is -2.98. The molecule has 0 radical (unpaired) electrons. The molecule has 0 aromatic rings. The highest BCUT2D eigenvalue weighted by atomic mass is 32.2. The Bertz CT molecular complexity index is 324. The van der Waals surface area contributed by atoms with Gasteiger partial charge in [-0.15, -0.1) is 0 Å². The predicted octanol–water partition coefficient (Wildman–Crippen LogP) is 0.538. The van der Waals surface area contributed by atoms with E-state index in [1.807, 2.05) is 0 Å². The lowest BCUT2D eigenvalue weighted by Crippen LogP contribution is -2.49. The molecule has 2 aliphatic rings. The smallest absolute Gasteiger partial charge is 0.216 e. The Morgan fingerprint density at radius 1 is 1.33 bits per heavy atom. The number of nitrogens with two attached hydrogens (primary N) is 1. The van der Waals surface area contributed by atoms with Crippen LogP contribution in [0.1, 0.15) is 32.6 Å². The third-order valence-corrected chi connectivity index (χ3v) is 5.95. The van der Waals surface area contributed by atoms with Gasteiger partial charge >= 0.3 is 0 Å². The maximum absolute atomic E-state index is 12.0. The fourth-order valence-corrected chi connectivity index (χ4v) is 4.17. The SMILES string of the molecule is CCC1CN(S(=O)(=O)C2CC2)CCC1N. The molecule has 2 fully saturated rings. The molecule has 0 aromatic heterocycles. The first-order valence-corrected chi connectivity index (χ1v) is 7.30. The zero-order valence-corrected chi connectivity index (χ0v) is 10.0. The molecule has 0 bridgehead atoms. The van der Waals surface area contributed by atoms with Crippen molar-refractivity contribution in [2.45, 2.75) is 43.9 Å². The van der Waals surface area contributed by atoms with Crippen LogP contribution in [0.4, 0.5) is 0 Å². The molecule has 1 saturated carbocycles. The Morgan fingerprint density at radius 2 is 2.00 bits per heavy atom. The number of piperidine rings is 1. The van der Waals surface area contributed by atoms with E-state index in [2.05, 4.69) is 6.92 Å². The van der Waals surface area contributed by atoms with Gasteiger partial charge in [-0.25, -0.2) is 12.7 Å². The summed E-state index contributed by atoms with van der Waals surface area (Å²) < 4.78 is 25.7. The first-order chi connectivity index (χ1) is 7.05. The summed E-state index contributed by atoms with van der Waals surface area (Å²) in [6.07, 6.45) is 3.48. The average Bonchev–Trinajstić information content (AvgIpc) is 3.01. The van der Waals surface area contributed by atoms with Gasteiger partial charge in [0.05, 0.1) is 5.25 Å². The maximum Gasteiger partial charge on any atom is 0.216 e. The highest BCUT2D eigenvalue weighted by Gasteiger charge is 2.42. The van der Waals surface area contributed by atoms with Crippen LogP contribution >= 0.6 is 0 Å². The van der Waals surface area contributed by atoms with Gasteiger partial charge in [-0.1, -0.05) is 13.3 Å². The van der Waals surface area contributed by atoms with Gasteiger partial charge in [0.2, 0.25) is 10.0 Å². The molecule has 0 spiro atoms. The third kappa shape index (κ3) is 2.19. The second-order valence-electron chi connectivity index (χ2n) is 4.72. The monoisotopic (exact) mass is 232 g/mol. The summed E-state index contributed by atoms with van der Waals surface area (Å²) in [7, 11) is -2.98. The highest BCUT2D eigenvalue weighted by molar-refractivity contribution is 7.90. The van der Waals surface area contributed by atoms with Gasteiger partial charge in [0, 0.05) is 19.1 Å². The molecule has 1 heterocycles. The molecular formula is C10H20N2O2S. The van der Waals surface area contributed by atoms with Crippen LogP contribution in [0.25, 0.3) is 0 Å². The molecule has 0 amide bonds. The summed E-state index contributed by atoms with van der Waals surface area (Å²) in [4.78, 5) is 0. The van der Waals surface area contributed by atoms with E-state index in [1.165, 1.54) is 0 Å². The van der Waals surface area contributed by atoms with Gasteiger partial charge < -0.3 is 5.73 Å². The van der Waals surface area contributed by atoms with Crippen molar-refractivity contribution < 1.29 is 8.42 Å². The molecule has 2 unspecified atom stereocenters. The first kappa shape index (κ1) is 11.4. The standard InChI is InChI=1S/C10H20N2O2S/c1-2-8-7-12(6-5-10(8)11)15(13,14)9-3-4-9/h8-10H,2-7,11H2,1H3. The van der Waals surface area contributed by atoms with Crippen molar-refractivity contribution in [1.82, 2.24) is 4.31 Å². The van der Waals surface area contributed by atoms with Crippen molar-refractivity contribution in [1.29, 1.82) is 0 Å². The molecular weight excluding hydrogens is 212 g/mol. The number of rotatable bonds is 3. The molecule has 2 N–H and O–H groups in total. The van der Waals surface area contributed by atoms with Gasteiger partial charge in [-0.3, -0.25) is 0 Å². The Kier molecular flexibility index (Phi) is 3.05. The minimum Gasteiger partial charge on any atom is -0.327 e. The fraction of sp³-hybridized carbons (Fsp3) is 1.00. The van der Waals surface area contributed by atoms with Crippen molar-refractivity contribution in [3.05, 3.63) is 0 Å². The van der Waals surface area contributed by atoms with E-state index < -0.39 is 10.0 Å². The van der Waals surface area contributed by atoms with Crippen LogP contribution in [-0.2, 0) is 10.0 Å². The van der Waals surface area contributed by atoms with Crippen molar-refractivity contribution in [2.75, 3.05) is 13.1 Å². The molecule has 1 aliphatic carbocycles. The largest absolute Gasteiger partial charge is 0.327 e. The van der Waals surface area contributed by atoms with Gasteiger partial charge in [-0.2, -0.15) is 0 Å². The summed E-state index contributed by atoms with van der Waals surface area (Å²) in [5, 5.41) is -0.0793. The average molecular weight is 232 g/mol. The van der Waals surface area contributed by atoms with Crippen LogP contribution < -0.4 is 5.73 Å². The molecule has 5 heteroatoms. The molecule has 1 aliphatic heterocycles. The number of hydrogen-bond acceptors (Lipinski definition) is 3. The third-order valence-electron chi connectivity index (χ3n) is 3.59. The zero-order valence-electron chi connectivity index (χ0n) is 9.22. The summed E-state index contributed by atoms with van der Waals surface area (Å²) >= 11 is 0. The molecule has 2 rings (SSSR count). The van der Waals surface area contributed by atoms with Crippen molar-refractivity contribution in [3.8, 4) is 0 Å². The van der Waals surface area contributed by atoms with Crippen LogP contribution in [0.5, 0.6) is 0 Å². The number of hydrogen-bond donors (Lipinski definition) is 1. The second kappa shape index (κ2) is 4.03. The molecule has 2 atom stereocenters. The molecule has 15 heavy (non-hydrogen) atoms. The van der Waals surface area contributed by atoms with E-state index in [4.69, 9.17) is 5.73 Å². The Hall–Kier alpha value is -0.130. The van der Waals surface area contributed by atoms with Gasteiger partial charge in [0.15, 0.2) is 0 Å². The van der Waals surface area contributed by atoms with Crippen molar-refractivity contribution in [3.63, 3.8) is 0 Å². The van der Waals surface area contributed by atoms with E-state index in [0.29, 0.717) is 19.0 Å². The minimum absolute atomic E-state index is 0.0793. The predicted molar refractivity (Wildman–Crippen MR) is 59.9 cm³/mol. The van der Waals surface area contributed by atoms with Crippen LogP contribution in [-0.4, -0.2) is 37.1 Å². The van der Waals surface area contributed by atoms with Gasteiger partial charge in [-0.05, 0) is 25.2 Å². The second-order valence-corrected chi connectivity index (χ2v) is 6.94. The first-order valence-electron chi connectivity index (χ1n) is 5.80. The van der Waals surface area contributed by atoms with Gasteiger partial charge in [0.25, 0.3) is 0 Å². The van der Waals surface area contributed by atoms with E-state index in [9.17, 15) is 8.42 Å². The molecule has 4 nitrogen and oxygen atoms in total. The lowest BCUT2D eigenvalue weighted by atomic mass is 9.92. The number of sulfonamides is 1. The van der Waals surface area contributed by atoms with Gasteiger partial charge in [0.1, 0.15) is 0 Å². The summed E-state index contributed by atoms with van der Waals surface area (Å²) in [5.41, 5.74) is 5.97. The van der Waals surface area contributed by atoms with E-state index >= 15 is 0 Å². The maximum atomic E-state index is 12.0. The Labute approximate surface area is 91.9 Å². The lowest BCUT2D eigenvalue weighted by Gasteiger charge is -2.35. The molecule has 1 saturated heterocycles. The van der Waals surface area contributed by atoms with Crippen LogP contribution in [0, 0.1) is 5.92 Å². The summed E-state index contributed by atoms with van der Waals surface area (Å²) in [6, 6.07) is 0.181. The lowest BCUT2D eigenvalue weighted by molar-refractivity contribution is 0.230. The topological polar surface area (TPSA) is 63.4 Å². The fourth-order valence-electron chi connectivity index (χ4n) is 2.26. The molecule has 0 aromatic carbocycles. The normalized spacial score (nSPS) is 34.3. The zero-order chi connectivity index (χ0) is 11.1. The van der Waals surface area contributed by atoms with Crippen LogP contribution in [0.15, 0.2) is 0 Å². The quantitative estimate of drug-likeness (QED) is 0.772. The molecule has 88 valence electrons. The summed E-state index contributed by atoms with van der Waals surface area (Å²) in [5.74, 6) is 0.340. The van der Waals surface area contributed by atoms with E-state index in [-0.39, 0.29) is 11.3 Å². The van der Waals surface area contributed by atoms with E-state index in [1.54, 1.807) is 4.31 Å².